The van der Waals surface area contributed by atoms with Crippen molar-refractivity contribution in [1.82, 2.24) is 15.0 Å². The highest BCUT2D eigenvalue weighted by Gasteiger charge is 2.13. The third-order valence-electron chi connectivity index (χ3n) is 3.42. The zero-order valence-corrected chi connectivity index (χ0v) is 16.3. The minimum absolute atomic E-state index is 0.0982. The fourth-order valence-electron chi connectivity index (χ4n) is 2.14. The van der Waals surface area contributed by atoms with Gasteiger partial charge in [-0.25, -0.2) is 13.1 Å². The van der Waals surface area contributed by atoms with Crippen molar-refractivity contribution in [1.29, 1.82) is 0 Å². The Bertz CT molecular complexity index is 875. The Kier molecular flexibility index (Phi) is 7.22. The summed E-state index contributed by atoms with van der Waals surface area (Å²) < 4.78 is 26.5. The summed E-state index contributed by atoms with van der Waals surface area (Å²) in [4.78, 5) is 7.99. The molecule has 1 atom stereocenters. The summed E-state index contributed by atoms with van der Waals surface area (Å²) in [6.07, 6.45) is 2.78. The molecule has 0 fully saturated rings. The lowest BCUT2D eigenvalue weighted by molar-refractivity contribution is 0.581. The Morgan fingerprint density at radius 1 is 1.35 bits per heavy atom. The Hall–Kier alpha value is -1.87. The number of hydrogen-bond donors (Lipinski definition) is 3. The van der Waals surface area contributed by atoms with Crippen LogP contribution in [0, 0.1) is 0 Å². The molecule has 0 spiro atoms. The Morgan fingerprint density at radius 2 is 2.12 bits per heavy atom. The van der Waals surface area contributed by atoms with Gasteiger partial charge in [0.15, 0.2) is 5.96 Å². The van der Waals surface area contributed by atoms with E-state index in [0.29, 0.717) is 10.0 Å². The number of guanidine groups is 1. The predicted octanol–water partition coefficient (Wildman–Crippen LogP) is 2.33. The normalized spacial score (nSPS) is 13.4. The standard InChI is InChI=1S/C16H19Cl2N5O2S/c1-11(14-5-4-12(17)9-15(14)18)23-16(19)21-7-8-22-26(24,25)13-3-2-6-20-10-13/h2-6,9-11,22H,7-8H2,1H3,(H3,19,21,23). The quantitative estimate of drug-likeness (QED) is 0.365. The van der Waals surface area contributed by atoms with E-state index in [2.05, 4.69) is 20.0 Å². The third-order valence-corrected chi connectivity index (χ3v) is 5.43. The number of nitrogens with one attached hydrogen (secondary N) is 2. The van der Waals surface area contributed by atoms with Crippen molar-refractivity contribution in [2.24, 2.45) is 10.7 Å². The highest BCUT2D eigenvalue weighted by Crippen LogP contribution is 2.25. The molecular weight excluding hydrogens is 397 g/mol. The molecule has 0 amide bonds. The molecule has 0 bridgehead atoms. The number of aliphatic imine (C=N–C) groups is 1. The van der Waals surface area contributed by atoms with E-state index in [9.17, 15) is 8.42 Å². The van der Waals surface area contributed by atoms with Crippen LogP contribution in [0.4, 0.5) is 0 Å². The van der Waals surface area contributed by atoms with Gasteiger partial charge >= 0.3 is 0 Å². The van der Waals surface area contributed by atoms with Crippen LogP contribution in [0.2, 0.25) is 10.0 Å². The van der Waals surface area contributed by atoms with Gasteiger partial charge in [-0.05, 0) is 36.8 Å². The highest BCUT2D eigenvalue weighted by molar-refractivity contribution is 7.89. The molecule has 0 aliphatic heterocycles. The first-order valence-electron chi connectivity index (χ1n) is 7.70. The molecule has 0 saturated heterocycles. The lowest BCUT2D eigenvalue weighted by Gasteiger charge is -2.16. The number of sulfonamides is 1. The second-order valence-corrected chi connectivity index (χ2v) is 8.00. The molecule has 2 aromatic rings. The zero-order valence-electron chi connectivity index (χ0n) is 14.0. The molecule has 0 saturated carbocycles. The maximum Gasteiger partial charge on any atom is 0.242 e. The van der Waals surface area contributed by atoms with E-state index >= 15 is 0 Å². The van der Waals surface area contributed by atoms with Crippen molar-refractivity contribution in [2.45, 2.75) is 17.9 Å². The van der Waals surface area contributed by atoms with Gasteiger partial charge in [0.05, 0.1) is 12.6 Å². The van der Waals surface area contributed by atoms with Crippen LogP contribution in [0.1, 0.15) is 18.5 Å². The summed E-state index contributed by atoms with van der Waals surface area (Å²) in [5.41, 5.74) is 6.66. The van der Waals surface area contributed by atoms with Gasteiger partial charge < -0.3 is 11.1 Å². The van der Waals surface area contributed by atoms with E-state index in [1.165, 1.54) is 18.5 Å². The van der Waals surface area contributed by atoms with Crippen molar-refractivity contribution in [2.75, 3.05) is 13.1 Å². The molecule has 0 radical (unpaired) electrons. The third kappa shape index (κ3) is 5.84. The van der Waals surface area contributed by atoms with Gasteiger partial charge in [-0.2, -0.15) is 0 Å². The van der Waals surface area contributed by atoms with Gasteiger partial charge in [0, 0.05) is 29.0 Å². The number of aromatic nitrogens is 1. The van der Waals surface area contributed by atoms with E-state index in [0.717, 1.165) is 5.56 Å². The molecule has 1 heterocycles. The first kappa shape index (κ1) is 20.4. The zero-order chi connectivity index (χ0) is 19.2. The van der Waals surface area contributed by atoms with E-state index in [4.69, 9.17) is 28.9 Å². The first-order valence-corrected chi connectivity index (χ1v) is 9.94. The molecule has 4 N–H and O–H groups in total. The number of nitrogens with zero attached hydrogens (tertiary/aromatic N) is 2. The van der Waals surface area contributed by atoms with Crippen LogP contribution < -0.4 is 15.8 Å². The number of rotatable bonds is 7. The second kappa shape index (κ2) is 9.18. The van der Waals surface area contributed by atoms with Crippen molar-refractivity contribution in [3.05, 3.63) is 58.3 Å². The van der Waals surface area contributed by atoms with E-state index < -0.39 is 10.0 Å². The molecule has 1 aromatic carbocycles. The smallest absolute Gasteiger partial charge is 0.242 e. The maximum absolute atomic E-state index is 12.0. The number of nitrogens with two attached hydrogens (primary N) is 1. The van der Waals surface area contributed by atoms with E-state index in [-0.39, 0.29) is 30.0 Å². The van der Waals surface area contributed by atoms with Gasteiger partial charge in [-0.15, -0.1) is 0 Å². The highest BCUT2D eigenvalue weighted by atomic mass is 35.5. The van der Waals surface area contributed by atoms with Crippen LogP contribution >= 0.6 is 23.2 Å². The summed E-state index contributed by atoms with van der Waals surface area (Å²) in [7, 11) is -3.61. The lowest BCUT2D eigenvalue weighted by atomic mass is 10.1. The maximum atomic E-state index is 12.0. The van der Waals surface area contributed by atoms with Crippen LogP contribution in [-0.4, -0.2) is 32.5 Å². The van der Waals surface area contributed by atoms with Gasteiger partial charge in [-0.1, -0.05) is 29.3 Å². The monoisotopic (exact) mass is 415 g/mol. The van der Waals surface area contributed by atoms with Crippen molar-refractivity contribution < 1.29 is 8.42 Å². The summed E-state index contributed by atoms with van der Waals surface area (Å²) in [6, 6.07) is 8.02. The lowest BCUT2D eigenvalue weighted by Crippen LogP contribution is -2.35. The SMILES string of the molecule is CC(NC(N)=NCCNS(=O)(=O)c1cccnc1)c1ccc(Cl)cc1Cl. The molecule has 0 aliphatic carbocycles. The van der Waals surface area contributed by atoms with Crippen LogP contribution in [0.15, 0.2) is 52.6 Å². The summed E-state index contributed by atoms with van der Waals surface area (Å²) in [5, 5.41) is 4.07. The fourth-order valence-corrected chi connectivity index (χ4v) is 3.70. The Morgan fingerprint density at radius 3 is 2.77 bits per heavy atom. The molecular formula is C16H19Cl2N5O2S. The predicted molar refractivity (Wildman–Crippen MR) is 104 cm³/mol. The van der Waals surface area contributed by atoms with Crippen LogP contribution in [0.3, 0.4) is 0 Å². The van der Waals surface area contributed by atoms with E-state index in [1.807, 2.05) is 6.92 Å². The molecule has 2 rings (SSSR count). The number of hydrogen-bond acceptors (Lipinski definition) is 4. The second-order valence-electron chi connectivity index (χ2n) is 5.39. The van der Waals surface area contributed by atoms with Crippen LogP contribution in [0.25, 0.3) is 0 Å². The number of benzene rings is 1. The minimum Gasteiger partial charge on any atom is -0.370 e. The van der Waals surface area contributed by atoms with Crippen molar-refractivity contribution >= 4 is 39.2 Å². The molecule has 140 valence electrons. The summed E-state index contributed by atoms with van der Waals surface area (Å²) in [5.74, 6) is 0.184. The minimum atomic E-state index is -3.61. The average molecular weight is 416 g/mol. The van der Waals surface area contributed by atoms with Crippen molar-refractivity contribution in [3.63, 3.8) is 0 Å². The largest absolute Gasteiger partial charge is 0.370 e. The number of pyridine rings is 1. The topological polar surface area (TPSA) is 109 Å². The molecule has 0 aliphatic rings. The van der Waals surface area contributed by atoms with Crippen molar-refractivity contribution in [3.8, 4) is 0 Å². The summed E-state index contributed by atoms with van der Waals surface area (Å²) in [6.45, 7) is 2.16. The molecule has 1 aromatic heterocycles. The van der Waals surface area contributed by atoms with E-state index in [1.54, 1.807) is 24.3 Å². The average Bonchev–Trinajstić information content (AvgIpc) is 2.59. The first-order chi connectivity index (χ1) is 12.3. The Labute approximate surface area is 162 Å². The molecule has 7 nitrogen and oxygen atoms in total. The molecule has 1 unspecified atom stereocenters. The van der Waals surface area contributed by atoms with Gasteiger partial charge in [-0.3, -0.25) is 9.98 Å². The fraction of sp³-hybridized carbons (Fsp3) is 0.250. The van der Waals surface area contributed by atoms with Gasteiger partial charge in [0.1, 0.15) is 4.90 Å². The van der Waals surface area contributed by atoms with Gasteiger partial charge in [0.2, 0.25) is 10.0 Å². The Balaban J connectivity index is 1.86. The van der Waals surface area contributed by atoms with Gasteiger partial charge in [0.25, 0.3) is 0 Å². The molecule has 10 heteroatoms. The van der Waals surface area contributed by atoms with Crippen LogP contribution in [-0.2, 0) is 10.0 Å². The van der Waals surface area contributed by atoms with Crippen LogP contribution in [0.5, 0.6) is 0 Å². The molecule has 26 heavy (non-hydrogen) atoms. The summed E-state index contributed by atoms with van der Waals surface area (Å²) >= 11 is 12.0. The number of halogens is 2.